The van der Waals surface area contributed by atoms with Crippen molar-refractivity contribution in [1.29, 1.82) is 0 Å². The predicted molar refractivity (Wildman–Crippen MR) is 101 cm³/mol. The number of carbonyl (C=O) groups excluding carboxylic acids is 1. The van der Waals surface area contributed by atoms with E-state index in [1.807, 2.05) is 18.2 Å². The van der Waals surface area contributed by atoms with E-state index in [1.54, 1.807) is 12.4 Å². The summed E-state index contributed by atoms with van der Waals surface area (Å²) in [7, 11) is 0. The summed E-state index contributed by atoms with van der Waals surface area (Å²) in [5, 5.41) is 7.64. The molecule has 0 unspecified atom stereocenters. The van der Waals surface area contributed by atoms with Crippen LogP contribution < -0.4 is 5.32 Å². The summed E-state index contributed by atoms with van der Waals surface area (Å²) in [6.07, 6.45) is 8.24. The molecule has 1 fully saturated rings. The molecule has 5 nitrogen and oxygen atoms in total. The number of nitrogens with zero attached hydrogens (tertiary/aromatic N) is 3. The fourth-order valence-electron chi connectivity index (χ4n) is 3.57. The van der Waals surface area contributed by atoms with E-state index in [2.05, 4.69) is 15.0 Å². The lowest BCUT2D eigenvalue weighted by molar-refractivity contribution is 0.0950. The first-order chi connectivity index (χ1) is 13.2. The molecule has 0 atom stereocenters. The van der Waals surface area contributed by atoms with Gasteiger partial charge in [-0.1, -0.05) is 12.8 Å². The van der Waals surface area contributed by atoms with Gasteiger partial charge in [0.25, 0.3) is 5.91 Å². The summed E-state index contributed by atoms with van der Waals surface area (Å²) in [5.41, 5.74) is 3.36. The number of benzene rings is 1. The lowest BCUT2D eigenvalue weighted by Gasteiger charge is -2.14. The zero-order valence-electron chi connectivity index (χ0n) is 14.9. The highest BCUT2D eigenvalue weighted by Crippen LogP contribution is 2.33. The van der Waals surface area contributed by atoms with Gasteiger partial charge < -0.3 is 5.32 Å². The molecular weight excluding hydrogens is 343 g/mol. The van der Waals surface area contributed by atoms with Gasteiger partial charge in [0.15, 0.2) is 0 Å². The molecule has 1 aliphatic rings. The minimum absolute atomic E-state index is 0.240. The van der Waals surface area contributed by atoms with Crippen molar-refractivity contribution < 1.29 is 9.18 Å². The molecule has 2 aromatic heterocycles. The molecule has 1 aromatic carbocycles. The fraction of sp³-hybridized carbons (Fsp3) is 0.286. The minimum Gasteiger partial charge on any atom is -0.346 e. The maximum absolute atomic E-state index is 13.0. The van der Waals surface area contributed by atoms with Crippen molar-refractivity contribution >= 4 is 5.91 Å². The lowest BCUT2D eigenvalue weighted by Crippen LogP contribution is -2.23. The van der Waals surface area contributed by atoms with E-state index in [1.165, 1.54) is 37.1 Å². The standard InChI is InChI=1S/C21H21FN4O/c22-17-7-5-16(6-8-17)21(27)24-14-18-13-20(15-9-11-23-12-10-15)26(25-18)19-3-1-2-4-19/h5-13,19H,1-4,14H2,(H,24,27). The second-order valence-corrected chi connectivity index (χ2v) is 6.83. The Balaban J connectivity index is 1.54. The molecule has 1 N–H and O–H groups in total. The van der Waals surface area contributed by atoms with E-state index in [-0.39, 0.29) is 11.7 Å². The number of pyridine rings is 1. The Kier molecular flexibility index (Phi) is 4.96. The van der Waals surface area contributed by atoms with E-state index in [0.29, 0.717) is 18.2 Å². The number of amides is 1. The second kappa shape index (κ2) is 7.70. The van der Waals surface area contributed by atoms with Crippen LogP contribution in [0.2, 0.25) is 0 Å². The van der Waals surface area contributed by atoms with E-state index < -0.39 is 0 Å². The van der Waals surface area contributed by atoms with Gasteiger partial charge in [0, 0.05) is 23.5 Å². The third-order valence-corrected chi connectivity index (χ3v) is 4.97. The normalized spacial score (nSPS) is 14.4. The SMILES string of the molecule is O=C(NCc1cc(-c2ccncc2)n(C2CCCC2)n1)c1ccc(F)cc1. The van der Waals surface area contributed by atoms with Crippen LogP contribution in [0.25, 0.3) is 11.3 Å². The number of hydrogen-bond donors (Lipinski definition) is 1. The number of nitrogens with one attached hydrogen (secondary N) is 1. The zero-order valence-corrected chi connectivity index (χ0v) is 14.9. The molecular formula is C21H21FN4O. The summed E-state index contributed by atoms with van der Waals surface area (Å²) in [5.74, 6) is -0.597. The number of rotatable bonds is 5. The van der Waals surface area contributed by atoms with Crippen LogP contribution in [-0.4, -0.2) is 20.7 Å². The Hall–Kier alpha value is -3.02. The largest absolute Gasteiger partial charge is 0.346 e. The van der Waals surface area contributed by atoms with E-state index in [4.69, 9.17) is 5.10 Å². The molecule has 0 aliphatic heterocycles. The van der Waals surface area contributed by atoms with Crippen molar-refractivity contribution in [3.8, 4) is 11.3 Å². The van der Waals surface area contributed by atoms with Crippen LogP contribution in [0.5, 0.6) is 0 Å². The molecule has 0 radical (unpaired) electrons. The number of carbonyl (C=O) groups is 1. The third-order valence-electron chi connectivity index (χ3n) is 4.97. The first-order valence-corrected chi connectivity index (χ1v) is 9.23. The fourth-order valence-corrected chi connectivity index (χ4v) is 3.57. The number of hydrogen-bond acceptors (Lipinski definition) is 3. The van der Waals surface area contributed by atoms with Crippen LogP contribution in [0.1, 0.15) is 47.8 Å². The highest BCUT2D eigenvalue weighted by Gasteiger charge is 2.22. The Labute approximate surface area is 157 Å². The molecule has 3 aromatic rings. The van der Waals surface area contributed by atoms with Crippen LogP contribution in [-0.2, 0) is 6.54 Å². The molecule has 0 saturated heterocycles. The number of halogens is 1. The van der Waals surface area contributed by atoms with Crippen molar-refractivity contribution in [2.45, 2.75) is 38.3 Å². The summed E-state index contributed by atoms with van der Waals surface area (Å²) in [4.78, 5) is 16.4. The summed E-state index contributed by atoms with van der Waals surface area (Å²) in [6.45, 7) is 0.327. The van der Waals surface area contributed by atoms with Crippen LogP contribution in [0.4, 0.5) is 4.39 Å². The van der Waals surface area contributed by atoms with Crippen molar-refractivity contribution in [2.75, 3.05) is 0 Å². The lowest BCUT2D eigenvalue weighted by atomic mass is 10.1. The van der Waals surface area contributed by atoms with E-state index in [0.717, 1.165) is 29.8 Å². The smallest absolute Gasteiger partial charge is 0.251 e. The quantitative estimate of drug-likeness (QED) is 0.740. The van der Waals surface area contributed by atoms with Gasteiger partial charge in [-0.3, -0.25) is 14.5 Å². The van der Waals surface area contributed by atoms with E-state index >= 15 is 0 Å². The molecule has 1 amide bonds. The van der Waals surface area contributed by atoms with Crippen molar-refractivity contribution in [2.24, 2.45) is 0 Å². The van der Waals surface area contributed by atoms with Crippen LogP contribution >= 0.6 is 0 Å². The van der Waals surface area contributed by atoms with Gasteiger partial charge in [-0.05, 0) is 55.3 Å². The summed E-state index contributed by atoms with van der Waals surface area (Å²) >= 11 is 0. The van der Waals surface area contributed by atoms with Crippen LogP contribution in [0, 0.1) is 5.82 Å². The van der Waals surface area contributed by atoms with Crippen molar-refractivity contribution in [1.82, 2.24) is 20.1 Å². The first kappa shape index (κ1) is 17.4. The van der Waals surface area contributed by atoms with Gasteiger partial charge in [0.05, 0.1) is 24.0 Å². The topological polar surface area (TPSA) is 59.8 Å². The molecule has 4 rings (SSSR count). The second-order valence-electron chi connectivity index (χ2n) is 6.83. The minimum atomic E-state index is -0.358. The molecule has 0 spiro atoms. The summed E-state index contributed by atoms with van der Waals surface area (Å²) in [6, 6.07) is 11.9. The van der Waals surface area contributed by atoms with Crippen LogP contribution in [0.15, 0.2) is 54.9 Å². The Bertz CT molecular complexity index is 915. The van der Waals surface area contributed by atoms with Crippen molar-refractivity contribution in [3.63, 3.8) is 0 Å². The monoisotopic (exact) mass is 364 g/mol. The van der Waals surface area contributed by atoms with Gasteiger partial charge in [-0.25, -0.2) is 4.39 Å². The van der Waals surface area contributed by atoms with Crippen LogP contribution in [0.3, 0.4) is 0 Å². The Morgan fingerprint density at radius 1 is 1.11 bits per heavy atom. The van der Waals surface area contributed by atoms with Crippen molar-refractivity contribution in [3.05, 3.63) is 71.9 Å². The molecule has 1 saturated carbocycles. The van der Waals surface area contributed by atoms with E-state index in [9.17, 15) is 9.18 Å². The van der Waals surface area contributed by atoms with Gasteiger partial charge in [0.1, 0.15) is 5.82 Å². The average Bonchev–Trinajstić information content (AvgIpc) is 3.37. The molecule has 27 heavy (non-hydrogen) atoms. The zero-order chi connectivity index (χ0) is 18.6. The Morgan fingerprint density at radius 2 is 1.81 bits per heavy atom. The predicted octanol–water partition coefficient (Wildman–Crippen LogP) is 4.13. The maximum Gasteiger partial charge on any atom is 0.251 e. The first-order valence-electron chi connectivity index (χ1n) is 9.23. The Morgan fingerprint density at radius 3 is 2.52 bits per heavy atom. The summed E-state index contributed by atoms with van der Waals surface area (Å²) < 4.78 is 15.1. The number of aromatic nitrogens is 3. The molecule has 6 heteroatoms. The maximum atomic E-state index is 13.0. The van der Waals surface area contributed by atoms with Gasteiger partial charge in [-0.15, -0.1) is 0 Å². The molecule has 0 bridgehead atoms. The third kappa shape index (κ3) is 3.89. The average molecular weight is 364 g/mol. The highest BCUT2D eigenvalue weighted by molar-refractivity contribution is 5.94. The molecule has 2 heterocycles. The van der Waals surface area contributed by atoms with Gasteiger partial charge in [0.2, 0.25) is 0 Å². The molecule has 138 valence electrons. The molecule has 1 aliphatic carbocycles. The van der Waals surface area contributed by atoms with Gasteiger partial charge >= 0.3 is 0 Å². The highest BCUT2D eigenvalue weighted by atomic mass is 19.1. The van der Waals surface area contributed by atoms with Gasteiger partial charge in [-0.2, -0.15) is 5.10 Å².